The van der Waals surface area contributed by atoms with E-state index in [4.69, 9.17) is 4.74 Å². The Bertz CT molecular complexity index is 403. The molecule has 4 nitrogen and oxygen atoms in total. The summed E-state index contributed by atoms with van der Waals surface area (Å²) in [5.74, 6) is 0. The molecule has 0 saturated carbocycles. The number of aliphatic hydroxyl groups excluding tert-OH is 1. The molecule has 1 N–H and O–H groups in total. The fourth-order valence-corrected chi connectivity index (χ4v) is 2.80. The van der Waals surface area contributed by atoms with Crippen LogP contribution in [0.4, 0.5) is 0 Å². The van der Waals surface area contributed by atoms with Gasteiger partial charge in [-0.1, -0.05) is 6.07 Å². The zero-order valence-electron chi connectivity index (χ0n) is 11.9. The predicted octanol–water partition coefficient (Wildman–Crippen LogP) is 1.61. The van der Waals surface area contributed by atoms with Crippen LogP contribution in [0.2, 0.25) is 0 Å². The molecule has 1 aliphatic rings. The Morgan fingerprint density at radius 3 is 2.95 bits per heavy atom. The molecule has 4 heteroatoms. The van der Waals surface area contributed by atoms with Gasteiger partial charge in [-0.05, 0) is 38.9 Å². The Balaban J connectivity index is 1.94. The van der Waals surface area contributed by atoms with Crippen molar-refractivity contribution in [2.24, 2.45) is 5.41 Å². The zero-order chi connectivity index (χ0) is 13.7. The Morgan fingerprint density at radius 1 is 1.47 bits per heavy atom. The minimum atomic E-state index is -0.100. The van der Waals surface area contributed by atoms with Crippen molar-refractivity contribution in [3.05, 3.63) is 29.6 Å². The maximum Gasteiger partial charge on any atom is 0.0556 e. The van der Waals surface area contributed by atoms with Crippen LogP contribution in [0.5, 0.6) is 0 Å². The van der Waals surface area contributed by atoms with Crippen molar-refractivity contribution >= 4 is 0 Å². The lowest BCUT2D eigenvalue weighted by Crippen LogP contribution is -2.44. The monoisotopic (exact) mass is 264 g/mol. The Kier molecular flexibility index (Phi) is 4.91. The summed E-state index contributed by atoms with van der Waals surface area (Å²) in [6.07, 6.45) is 2.08. The molecule has 2 heterocycles. The number of ether oxygens (including phenoxy) is 1. The zero-order valence-corrected chi connectivity index (χ0v) is 11.9. The maximum atomic E-state index is 9.68. The van der Waals surface area contributed by atoms with Gasteiger partial charge in [-0.3, -0.25) is 9.88 Å². The van der Waals surface area contributed by atoms with Crippen LogP contribution in [0, 0.1) is 12.3 Å². The summed E-state index contributed by atoms with van der Waals surface area (Å²) in [4.78, 5) is 6.75. The lowest BCUT2D eigenvalue weighted by Gasteiger charge is -2.38. The topological polar surface area (TPSA) is 45.6 Å². The quantitative estimate of drug-likeness (QED) is 0.877. The van der Waals surface area contributed by atoms with Gasteiger partial charge in [0.15, 0.2) is 0 Å². The second-order valence-corrected chi connectivity index (χ2v) is 5.76. The van der Waals surface area contributed by atoms with E-state index in [9.17, 15) is 5.11 Å². The standard InChI is InChI=1S/C15H24N2O2/c1-13-5-3-6-14(16-13)9-17(2)10-15(11-18)7-4-8-19-12-15/h3,5-6,18H,4,7-12H2,1-2H3. The summed E-state index contributed by atoms with van der Waals surface area (Å²) in [6.45, 7) is 5.34. The third kappa shape index (κ3) is 4.00. The number of hydrogen-bond acceptors (Lipinski definition) is 4. The van der Waals surface area contributed by atoms with E-state index < -0.39 is 0 Å². The molecular weight excluding hydrogens is 240 g/mol. The van der Waals surface area contributed by atoms with Crippen molar-refractivity contribution in [1.29, 1.82) is 0 Å². The predicted molar refractivity (Wildman–Crippen MR) is 74.9 cm³/mol. The number of aryl methyl sites for hydroxylation is 1. The molecule has 0 aliphatic carbocycles. The van der Waals surface area contributed by atoms with Crippen LogP contribution >= 0.6 is 0 Å². The first-order valence-corrected chi connectivity index (χ1v) is 6.93. The van der Waals surface area contributed by atoms with Crippen LogP contribution in [0.3, 0.4) is 0 Å². The van der Waals surface area contributed by atoms with Crippen LogP contribution in [-0.4, -0.2) is 48.4 Å². The van der Waals surface area contributed by atoms with E-state index in [1.54, 1.807) is 0 Å². The van der Waals surface area contributed by atoms with Crippen molar-refractivity contribution in [1.82, 2.24) is 9.88 Å². The largest absolute Gasteiger partial charge is 0.396 e. The first-order chi connectivity index (χ1) is 9.13. The average molecular weight is 264 g/mol. The lowest BCUT2D eigenvalue weighted by molar-refractivity contribution is -0.0532. The number of aromatic nitrogens is 1. The molecule has 1 aliphatic heterocycles. The molecule has 0 radical (unpaired) electrons. The normalized spacial score (nSPS) is 23.8. The molecule has 0 aromatic carbocycles. The molecule has 0 amide bonds. The van der Waals surface area contributed by atoms with Crippen LogP contribution in [0.25, 0.3) is 0 Å². The van der Waals surface area contributed by atoms with Crippen molar-refractivity contribution in [2.45, 2.75) is 26.3 Å². The van der Waals surface area contributed by atoms with E-state index in [2.05, 4.69) is 16.9 Å². The smallest absolute Gasteiger partial charge is 0.0556 e. The highest BCUT2D eigenvalue weighted by molar-refractivity contribution is 5.09. The van der Waals surface area contributed by atoms with Crippen molar-refractivity contribution in [3.8, 4) is 0 Å². The summed E-state index contributed by atoms with van der Waals surface area (Å²) < 4.78 is 5.54. The van der Waals surface area contributed by atoms with Gasteiger partial charge in [0.2, 0.25) is 0 Å². The number of pyridine rings is 1. The van der Waals surface area contributed by atoms with Gasteiger partial charge in [0.1, 0.15) is 0 Å². The van der Waals surface area contributed by atoms with Crippen LogP contribution in [0.15, 0.2) is 18.2 Å². The lowest BCUT2D eigenvalue weighted by atomic mass is 9.83. The number of hydrogen-bond donors (Lipinski definition) is 1. The summed E-state index contributed by atoms with van der Waals surface area (Å²) in [7, 11) is 2.08. The van der Waals surface area contributed by atoms with Gasteiger partial charge < -0.3 is 9.84 Å². The molecule has 1 unspecified atom stereocenters. The molecule has 1 aromatic rings. The molecule has 2 rings (SSSR count). The summed E-state index contributed by atoms with van der Waals surface area (Å²) in [6, 6.07) is 6.09. The minimum absolute atomic E-state index is 0.100. The van der Waals surface area contributed by atoms with E-state index >= 15 is 0 Å². The van der Waals surface area contributed by atoms with Gasteiger partial charge in [0.05, 0.1) is 18.9 Å². The second-order valence-electron chi connectivity index (χ2n) is 5.76. The fourth-order valence-electron chi connectivity index (χ4n) is 2.80. The molecule has 0 spiro atoms. The summed E-state index contributed by atoms with van der Waals surface area (Å²) in [5.41, 5.74) is 2.02. The van der Waals surface area contributed by atoms with Gasteiger partial charge in [-0.15, -0.1) is 0 Å². The number of rotatable bonds is 5. The van der Waals surface area contributed by atoms with Gasteiger partial charge in [-0.25, -0.2) is 0 Å². The molecule has 1 atom stereocenters. The van der Waals surface area contributed by atoms with Crippen LogP contribution < -0.4 is 0 Å². The number of nitrogens with zero attached hydrogens (tertiary/aromatic N) is 2. The first kappa shape index (κ1) is 14.4. The Hall–Kier alpha value is -0.970. The van der Waals surface area contributed by atoms with Crippen LogP contribution in [0.1, 0.15) is 24.2 Å². The van der Waals surface area contributed by atoms with Crippen LogP contribution in [-0.2, 0) is 11.3 Å². The third-order valence-electron chi connectivity index (χ3n) is 3.72. The van der Waals surface area contributed by atoms with E-state index in [1.165, 1.54) is 0 Å². The SMILES string of the molecule is Cc1cccc(CN(C)CC2(CO)CCCOC2)n1. The van der Waals surface area contributed by atoms with E-state index in [0.29, 0.717) is 6.61 Å². The minimum Gasteiger partial charge on any atom is -0.396 e. The van der Waals surface area contributed by atoms with Gasteiger partial charge in [-0.2, -0.15) is 0 Å². The van der Waals surface area contributed by atoms with Crippen molar-refractivity contribution in [2.75, 3.05) is 33.4 Å². The molecule has 1 aromatic heterocycles. The highest BCUT2D eigenvalue weighted by Gasteiger charge is 2.33. The highest BCUT2D eigenvalue weighted by atomic mass is 16.5. The second kappa shape index (κ2) is 6.46. The Labute approximate surface area is 115 Å². The van der Waals surface area contributed by atoms with Crippen molar-refractivity contribution in [3.63, 3.8) is 0 Å². The van der Waals surface area contributed by atoms with Gasteiger partial charge in [0, 0.05) is 30.8 Å². The van der Waals surface area contributed by atoms with E-state index in [1.807, 2.05) is 25.1 Å². The highest BCUT2D eigenvalue weighted by Crippen LogP contribution is 2.29. The molecule has 1 fully saturated rings. The average Bonchev–Trinajstić information content (AvgIpc) is 2.39. The maximum absolute atomic E-state index is 9.68. The van der Waals surface area contributed by atoms with Gasteiger partial charge in [0.25, 0.3) is 0 Å². The third-order valence-corrected chi connectivity index (χ3v) is 3.72. The summed E-state index contributed by atoms with van der Waals surface area (Å²) >= 11 is 0. The number of aliphatic hydroxyl groups is 1. The Morgan fingerprint density at radius 2 is 2.32 bits per heavy atom. The molecular formula is C15H24N2O2. The van der Waals surface area contributed by atoms with Crippen molar-refractivity contribution < 1.29 is 9.84 Å². The fraction of sp³-hybridized carbons (Fsp3) is 0.667. The summed E-state index contributed by atoms with van der Waals surface area (Å²) in [5, 5.41) is 9.68. The van der Waals surface area contributed by atoms with Gasteiger partial charge >= 0.3 is 0 Å². The van der Waals surface area contributed by atoms with E-state index in [0.717, 1.165) is 43.9 Å². The molecule has 106 valence electrons. The van der Waals surface area contributed by atoms with E-state index in [-0.39, 0.29) is 12.0 Å². The first-order valence-electron chi connectivity index (χ1n) is 6.93. The molecule has 19 heavy (non-hydrogen) atoms. The molecule has 1 saturated heterocycles. The molecule has 0 bridgehead atoms.